The van der Waals surface area contributed by atoms with Crippen LogP contribution >= 0.6 is 56.7 Å². The molecule has 3 amide bonds. The number of nitrogens with two attached hydrogens (primary N) is 5. The van der Waals surface area contributed by atoms with E-state index in [1.807, 2.05) is 213 Å². The van der Waals surface area contributed by atoms with E-state index < -0.39 is 72.8 Å². The Balaban J connectivity index is 0.000000269. The summed E-state index contributed by atoms with van der Waals surface area (Å²) in [6, 6.07) is 69.8. The molecule has 0 spiro atoms. The van der Waals surface area contributed by atoms with Gasteiger partial charge in [-0.05, 0) is 126 Å². The van der Waals surface area contributed by atoms with E-state index in [2.05, 4.69) is 30.7 Å². The van der Waals surface area contributed by atoms with Gasteiger partial charge in [0, 0.05) is 90.4 Å². The molecule has 1 aliphatic heterocycles. The second kappa shape index (κ2) is 57.6. The monoisotopic (exact) mass is 2140 g/mol. The number of aryl methyl sites for hydroxylation is 1. The maximum atomic E-state index is 13.1. The van der Waals surface area contributed by atoms with Crippen LogP contribution in [0.2, 0.25) is 0 Å². The number of aliphatic carboxylic acids is 4. The third-order valence-corrected chi connectivity index (χ3v) is 23.6. The van der Waals surface area contributed by atoms with Gasteiger partial charge < -0.3 is 93.0 Å². The van der Waals surface area contributed by atoms with Gasteiger partial charge in [0.2, 0.25) is 23.4 Å². The first-order valence-electron chi connectivity index (χ1n) is 41.2. The maximum Gasteiger partial charge on any atom is 0.490 e. The highest BCUT2D eigenvalue weighted by molar-refractivity contribution is 7.22. The number of amides is 3. The molecule has 0 saturated carbocycles. The van der Waals surface area contributed by atoms with Crippen LogP contribution in [-0.4, -0.2) is 193 Å². The van der Waals surface area contributed by atoms with E-state index in [0.717, 1.165) is 118 Å². The van der Waals surface area contributed by atoms with Crippen molar-refractivity contribution in [3.8, 4) is 28.7 Å². The number of halogens is 12. The highest BCUT2D eigenvalue weighted by atomic mass is 32.1. The quantitative estimate of drug-likeness (QED) is 0.00984. The van der Waals surface area contributed by atoms with Crippen molar-refractivity contribution in [3.05, 3.63) is 289 Å². The van der Waals surface area contributed by atoms with Gasteiger partial charge in [0.25, 0.3) is 30.7 Å². The van der Waals surface area contributed by atoms with Crippen LogP contribution in [0.1, 0.15) is 77.6 Å². The third-order valence-electron chi connectivity index (χ3n) is 18.1. The summed E-state index contributed by atoms with van der Waals surface area (Å²) in [5.41, 5.74) is 32.2. The fraction of sp³-hybridized carbons (Fsp3) is 0.183. The van der Waals surface area contributed by atoms with Crippen LogP contribution in [0.3, 0.4) is 0 Å². The lowest BCUT2D eigenvalue weighted by molar-refractivity contribution is -0.193. The number of hydrogen-bond acceptors (Lipinski definition) is 28. The number of anilines is 1. The molecule has 0 radical (unpaired) electrons. The van der Waals surface area contributed by atoms with Crippen LogP contribution < -0.4 is 63.0 Å². The SMILES string of the molecule is CCc1nnc(NC(=O)C(Oc2cccc3sc(C(=N)N)cc23)c2ccccc2)s1.N=C(N)c1cc2c(OC(C(=O)NCCN3CCOCC3)c3ccccc3)cccc2s1.N=C(N)c1cc2ccc(OC(C(N)=O)c3ccccc3)cc2s1.N=C(N)c1cc2ccc(OCc3ccc(OCc4cccnc4)cc3)cc2s1.O=C(O)C(F)(F)F.O=C(O)C(F)(F)F.O=C(O)C(F)(F)F.O=C(O)C(F)(F)F.O=CO.O=CO. The van der Waals surface area contributed by atoms with Crippen molar-refractivity contribution in [1.82, 2.24) is 25.4 Å². The molecule has 14 aromatic rings. The number of aromatic nitrogens is 3. The first kappa shape index (κ1) is 118. The summed E-state index contributed by atoms with van der Waals surface area (Å²) in [5.74, 6) is -8.65. The van der Waals surface area contributed by atoms with Gasteiger partial charge in [-0.15, -0.1) is 55.5 Å². The number of carboxylic acid groups (broad SMARTS) is 6. The number of carbonyl (C=O) groups is 9. The summed E-state index contributed by atoms with van der Waals surface area (Å²) in [5, 5.41) is 91.6. The Morgan fingerprint density at radius 3 is 1.21 bits per heavy atom. The molecule has 6 aromatic heterocycles. The number of amidine groups is 4. The molecule has 1 saturated heterocycles. The maximum absolute atomic E-state index is 13.1. The van der Waals surface area contributed by atoms with E-state index >= 15 is 0 Å². The number of morpholine rings is 1. The van der Waals surface area contributed by atoms with Crippen LogP contribution in [0.25, 0.3) is 40.3 Å². The average Bonchev–Trinajstić information content (AvgIpc) is 1.74. The minimum absolute atomic E-state index is 0.00232. The molecule has 1 aliphatic rings. The number of ether oxygens (including phenoxy) is 6. The van der Waals surface area contributed by atoms with Gasteiger partial charge in [0.1, 0.15) is 70.3 Å². The second-order valence-electron chi connectivity index (χ2n) is 28.6. The van der Waals surface area contributed by atoms with Crippen LogP contribution in [0.15, 0.2) is 237 Å². The summed E-state index contributed by atoms with van der Waals surface area (Å²) in [6.45, 7) is 7.00. The van der Waals surface area contributed by atoms with Gasteiger partial charge in [-0.25, -0.2) is 19.2 Å². The molecule has 36 nitrogen and oxygen atoms in total. The number of hydrogen-bond donors (Lipinski definition) is 17. The molecule has 146 heavy (non-hydrogen) atoms. The van der Waals surface area contributed by atoms with E-state index in [9.17, 15) is 67.1 Å². The molecule has 0 bridgehead atoms. The van der Waals surface area contributed by atoms with Crippen molar-refractivity contribution in [3.63, 3.8) is 0 Å². The first-order valence-corrected chi connectivity index (χ1v) is 45.3. The zero-order valence-electron chi connectivity index (χ0n) is 75.3. The van der Waals surface area contributed by atoms with Crippen molar-refractivity contribution in [1.29, 1.82) is 21.6 Å². The smallest absolute Gasteiger partial charge is 0.489 e. The predicted molar refractivity (Wildman–Crippen MR) is 520 cm³/mol. The molecule has 3 atom stereocenters. The predicted octanol–water partition coefficient (Wildman–Crippen LogP) is 16.6. The van der Waals surface area contributed by atoms with Crippen molar-refractivity contribution < 1.29 is 155 Å². The van der Waals surface area contributed by atoms with Crippen LogP contribution in [0.5, 0.6) is 28.7 Å². The minimum atomic E-state index is -5.08. The average molecular weight is 2140 g/mol. The lowest BCUT2D eigenvalue weighted by Crippen LogP contribution is -2.42. The number of fused-ring (bicyclic) bond motifs is 4. The largest absolute Gasteiger partial charge is 0.490 e. The number of primary amides is 1. The normalized spacial score (nSPS) is 12.0. The van der Waals surface area contributed by atoms with E-state index in [1.54, 1.807) is 30.6 Å². The fourth-order valence-corrected chi connectivity index (χ4v) is 15.9. The molecule has 53 heteroatoms. The Kier molecular flexibility index (Phi) is 46.6. The molecule has 22 N–H and O–H groups in total. The van der Waals surface area contributed by atoms with Gasteiger partial charge in [0.15, 0.2) is 0 Å². The van der Waals surface area contributed by atoms with Crippen LogP contribution in [0, 0.1) is 21.6 Å². The minimum Gasteiger partial charge on any atom is -0.489 e. The molecule has 8 aromatic carbocycles. The van der Waals surface area contributed by atoms with Crippen molar-refractivity contribution in [2.75, 3.05) is 44.7 Å². The molecule has 774 valence electrons. The lowest BCUT2D eigenvalue weighted by atomic mass is 10.1. The number of rotatable bonds is 27. The zero-order valence-corrected chi connectivity index (χ0v) is 79.4. The van der Waals surface area contributed by atoms with Crippen molar-refractivity contribution in [2.24, 2.45) is 28.7 Å². The Morgan fingerprint density at radius 2 is 0.822 bits per heavy atom. The highest BCUT2D eigenvalue weighted by Gasteiger charge is 2.41. The number of carboxylic acids is 4. The summed E-state index contributed by atoms with van der Waals surface area (Å²) in [7, 11) is 0. The van der Waals surface area contributed by atoms with E-state index in [1.165, 1.54) is 56.7 Å². The summed E-state index contributed by atoms with van der Waals surface area (Å²) in [6.07, 6.45) is -18.5. The first-order chi connectivity index (χ1) is 69.0. The third kappa shape index (κ3) is 39.8. The van der Waals surface area contributed by atoms with Gasteiger partial charge in [-0.1, -0.05) is 140 Å². The molecule has 7 heterocycles. The molecule has 3 unspecified atom stereocenters. The zero-order chi connectivity index (χ0) is 108. The van der Waals surface area contributed by atoms with Crippen LogP contribution in [-0.2, 0) is 67.5 Å². The molecule has 1 fully saturated rings. The Morgan fingerprint density at radius 1 is 0.445 bits per heavy atom. The van der Waals surface area contributed by atoms with E-state index in [-0.39, 0.29) is 48.1 Å². The second-order valence-corrected chi connectivity index (χ2v) is 34.0. The Bertz CT molecular complexity index is 6600. The number of nitrogens with zero attached hydrogens (tertiary/aromatic N) is 4. The number of nitrogen functional groups attached to an aromatic ring is 4. The van der Waals surface area contributed by atoms with E-state index in [0.29, 0.717) is 67.9 Å². The van der Waals surface area contributed by atoms with Crippen molar-refractivity contribution in [2.45, 2.75) is 69.6 Å². The Hall–Kier alpha value is -16.5. The number of benzene rings is 8. The molecule has 0 aliphatic carbocycles. The summed E-state index contributed by atoms with van der Waals surface area (Å²) < 4.78 is 166. The number of nitrogens with one attached hydrogen (secondary N) is 6. The van der Waals surface area contributed by atoms with Crippen LogP contribution in [0.4, 0.5) is 57.8 Å². The van der Waals surface area contributed by atoms with Gasteiger partial charge in [-0.2, -0.15) is 52.7 Å². The fourth-order valence-electron chi connectivity index (χ4n) is 11.5. The number of thiophene rings is 4. The lowest BCUT2D eigenvalue weighted by Gasteiger charge is -2.27. The number of pyridine rings is 1. The standard InChI is InChI=1S/C23H26N4O3S.C22H19N3O2S.C21H19N5O2S2.C17H15N3O2S.4C2HF3O2.2CH2O2/c24-22(25)20-15-17-18(7-4-8-19(17)31-20)30-21(16-5-2-1-3-6-16)23(28)26-9-10-27-11-13-29-14-12-27;23-22(24)21-10-17-5-8-19(11-20(17)28-21)27-13-15-3-6-18(7-4-15)26-14-16-2-1-9-25-12-16;1-2-17-25-26-21(30-17)24-20(27)18(12-7-4-3-5-8-12)28-14-9-6-10-15-13(14)11-16(29-15)19(22)23;18-16(19)14-8-11-6-7-12(9-13(11)23-14)22-15(17(20)21)10-4-2-1-3-5-10;4*3-2(4,5)1(6)7;2*2-1-3/h1-8,15,21H,9-14H2,(H3,24,25)(H,26,28);1-12H,13-14H2,(H3,23,24);3-11,18H,2H2,1H3,(H3,22,23)(H,24,26,27);1-9,15H,(H3,18,19)(H2,20,21);4*(H,6,7);2*1H,(H,2,3). The van der Waals surface area contributed by atoms with Crippen molar-refractivity contribution >= 4 is 180 Å². The van der Waals surface area contributed by atoms with E-state index in [4.69, 9.17) is 138 Å². The molecular formula is C93H87F12N15O21S5. The Labute approximate surface area is 838 Å². The van der Waals surface area contributed by atoms with Gasteiger partial charge >= 0.3 is 48.6 Å². The summed E-state index contributed by atoms with van der Waals surface area (Å²) in [4.78, 5) is 99.4. The summed E-state index contributed by atoms with van der Waals surface area (Å²) >= 11 is 7.09. The number of carbonyl (C=O) groups excluding carboxylic acids is 3. The molecular weight excluding hydrogens is 2050 g/mol. The number of alkyl halides is 12. The van der Waals surface area contributed by atoms with Gasteiger partial charge in [-0.3, -0.25) is 60.8 Å². The highest BCUT2D eigenvalue weighted by Crippen LogP contribution is 2.39. The topological polar surface area (TPSA) is 622 Å². The van der Waals surface area contributed by atoms with Gasteiger partial charge in [0.05, 0.1) is 32.7 Å². The molecule has 15 rings (SSSR count).